The van der Waals surface area contributed by atoms with Crippen LogP contribution in [0, 0.1) is 5.92 Å². The number of ketones is 3. The Balaban J connectivity index is 0.000000228. The molecule has 0 aromatic rings. The highest BCUT2D eigenvalue weighted by atomic mass is 16.5. The fourth-order valence-electron chi connectivity index (χ4n) is 3.65. The summed E-state index contributed by atoms with van der Waals surface area (Å²) in [4.78, 5) is 61.9. The van der Waals surface area contributed by atoms with Gasteiger partial charge in [-0.15, -0.1) is 0 Å². The summed E-state index contributed by atoms with van der Waals surface area (Å²) in [6, 6.07) is 0. The average molecular weight is 447 g/mol. The number of nitrogens with zero attached hydrogens (tertiary/aromatic N) is 1. The van der Waals surface area contributed by atoms with Gasteiger partial charge in [0.05, 0.1) is 32.3 Å². The van der Waals surface area contributed by atoms with Crippen LogP contribution in [0.2, 0.25) is 0 Å². The molecule has 0 N–H and O–H groups in total. The Morgan fingerprint density at radius 3 is 2.38 bits per heavy atom. The molecule has 0 amide bonds. The predicted molar refractivity (Wildman–Crippen MR) is 114 cm³/mol. The first-order valence-corrected chi connectivity index (χ1v) is 10.9. The summed E-state index contributed by atoms with van der Waals surface area (Å²) in [7, 11) is 0. The third kappa shape index (κ3) is 5.99. The van der Waals surface area contributed by atoms with Crippen molar-refractivity contribution in [1.82, 2.24) is 0 Å². The lowest BCUT2D eigenvalue weighted by Gasteiger charge is -2.19. The number of carbonyl (C=O) groups is 5. The third-order valence-corrected chi connectivity index (χ3v) is 5.12. The zero-order chi connectivity index (χ0) is 23.7. The standard InChI is InChI=1S/C12H16O5.C11H13NO3/c1-3-16-9-7-5-6-8(10(9)13)11(14)12(15)17-4-2;1-2-15-11(14)10-7-4-3-5-9(13)8(7)6-12-10/h7-8H,3-6H2,1-2H3;2-6H2,1H3. The molecule has 0 aromatic carbocycles. The quantitative estimate of drug-likeness (QED) is 0.330. The van der Waals surface area contributed by atoms with Crippen LogP contribution in [0.1, 0.15) is 52.9 Å². The summed E-state index contributed by atoms with van der Waals surface area (Å²) in [6.45, 7) is 6.31. The number of hydrogen-bond acceptors (Lipinski definition) is 9. The van der Waals surface area contributed by atoms with Crippen LogP contribution < -0.4 is 0 Å². The molecule has 0 spiro atoms. The molecule has 3 rings (SSSR count). The minimum atomic E-state index is -0.944. The molecule has 9 nitrogen and oxygen atoms in total. The molecular weight excluding hydrogens is 418 g/mol. The molecule has 0 radical (unpaired) electrons. The van der Waals surface area contributed by atoms with Gasteiger partial charge in [0.25, 0.3) is 5.78 Å². The van der Waals surface area contributed by atoms with Crippen LogP contribution in [-0.2, 0) is 38.2 Å². The first-order valence-electron chi connectivity index (χ1n) is 10.9. The van der Waals surface area contributed by atoms with Crippen LogP contribution >= 0.6 is 0 Å². The van der Waals surface area contributed by atoms with Gasteiger partial charge in [0.1, 0.15) is 5.71 Å². The van der Waals surface area contributed by atoms with Crippen LogP contribution in [-0.4, -0.2) is 61.4 Å². The van der Waals surface area contributed by atoms with Crippen molar-refractivity contribution in [3.63, 3.8) is 0 Å². The van der Waals surface area contributed by atoms with Crippen LogP contribution in [0.25, 0.3) is 0 Å². The monoisotopic (exact) mass is 447 g/mol. The van der Waals surface area contributed by atoms with E-state index in [9.17, 15) is 24.0 Å². The molecule has 9 heteroatoms. The van der Waals surface area contributed by atoms with Crippen molar-refractivity contribution in [1.29, 1.82) is 0 Å². The molecule has 0 saturated heterocycles. The fourth-order valence-corrected chi connectivity index (χ4v) is 3.65. The van der Waals surface area contributed by atoms with Gasteiger partial charge in [0.15, 0.2) is 11.5 Å². The lowest BCUT2D eigenvalue weighted by molar-refractivity contribution is -0.157. The normalized spacial score (nSPS) is 19.8. The van der Waals surface area contributed by atoms with Crippen molar-refractivity contribution in [3.05, 3.63) is 23.0 Å². The zero-order valence-corrected chi connectivity index (χ0v) is 18.7. The van der Waals surface area contributed by atoms with Gasteiger partial charge >= 0.3 is 11.9 Å². The molecular formula is C23H29NO8. The Labute approximate surface area is 186 Å². The van der Waals surface area contributed by atoms with Crippen LogP contribution in [0.15, 0.2) is 28.0 Å². The Morgan fingerprint density at radius 2 is 1.72 bits per heavy atom. The van der Waals surface area contributed by atoms with E-state index in [1.54, 1.807) is 26.8 Å². The van der Waals surface area contributed by atoms with Crippen LogP contribution in [0.4, 0.5) is 0 Å². The second-order valence-electron chi connectivity index (χ2n) is 7.20. The highest BCUT2D eigenvalue weighted by Gasteiger charge is 2.36. The molecule has 1 aliphatic heterocycles. The maximum atomic E-state index is 11.8. The number of esters is 2. The molecule has 1 unspecified atom stereocenters. The Hall–Kier alpha value is -3.10. The van der Waals surface area contributed by atoms with Gasteiger partial charge in [0.2, 0.25) is 5.78 Å². The molecule has 0 bridgehead atoms. The maximum Gasteiger partial charge on any atom is 0.375 e. The molecule has 2 aliphatic carbocycles. The highest BCUT2D eigenvalue weighted by Crippen LogP contribution is 2.28. The molecule has 0 saturated carbocycles. The summed E-state index contributed by atoms with van der Waals surface area (Å²) < 4.78 is 14.6. The van der Waals surface area contributed by atoms with E-state index >= 15 is 0 Å². The Morgan fingerprint density at radius 1 is 1.00 bits per heavy atom. The molecule has 0 aromatic heterocycles. The van der Waals surface area contributed by atoms with E-state index < -0.39 is 29.4 Å². The molecule has 1 heterocycles. The van der Waals surface area contributed by atoms with Gasteiger partial charge in [-0.1, -0.05) is 0 Å². The van der Waals surface area contributed by atoms with Gasteiger partial charge in [-0.3, -0.25) is 19.4 Å². The van der Waals surface area contributed by atoms with E-state index in [-0.39, 0.29) is 18.1 Å². The second kappa shape index (κ2) is 12.1. The topological polar surface area (TPSA) is 125 Å². The summed E-state index contributed by atoms with van der Waals surface area (Å²) >= 11 is 0. The Kier molecular flexibility index (Phi) is 9.49. The molecule has 3 aliphatic rings. The lowest BCUT2D eigenvalue weighted by Crippen LogP contribution is -2.34. The second-order valence-corrected chi connectivity index (χ2v) is 7.20. The molecule has 1 atom stereocenters. The first-order chi connectivity index (χ1) is 15.3. The van der Waals surface area contributed by atoms with Gasteiger partial charge in [-0.05, 0) is 58.1 Å². The van der Waals surface area contributed by atoms with Gasteiger partial charge < -0.3 is 14.2 Å². The number of ether oxygens (including phenoxy) is 3. The summed E-state index contributed by atoms with van der Waals surface area (Å²) in [5, 5.41) is 0. The fraction of sp³-hybridized carbons (Fsp3) is 0.565. The number of carbonyl (C=O) groups excluding carboxylic acids is 5. The molecule has 0 fully saturated rings. The summed E-state index contributed by atoms with van der Waals surface area (Å²) in [6.07, 6.45) is 4.73. The van der Waals surface area contributed by atoms with E-state index in [4.69, 9.17) is 9.47 Å². The molecule has 32 heavy (non-hydrogen) atoms. The first kappa shape index (κ1) is 25.2. The summed E-state index contributed by atoms with van der Waals surface area (Å²) in [5.74, 6) is -3.15. The number of Topliss-reactive ketones (excluding diaryl/α,β-unsaturated/α-hetero) is 3. The van der Waals surface area contributed by atoms with Crippen molar-refractivity contribution in [2.45, 2.75) is 52.9 Å². The Bertz CT molecular complexity index is 880. The van der Waals surface area contributed by atoms with Crippen molar-refractivity contribution in [3.8, 4) is 0 Å². The van der Waals surface area contributed by atoms with Gasteiger partial charge in [-0.25, -0.2) is 9.59 Å². The predicted octanol–water partition coefficient (Wildman–Crippen LogP) is 2.07. The van der Waals surface area contributed by atoms with Crippen LogP contribution in [0.3, 0.4) is 0 Å². The number of rotatable bonds is 7. The van der Waals surface area contributed by atoms with Crippen molar-refractivity contribution >= 4 is 35.0 Å². The van der Waals surface area contributed by atoms with E-state index in [0.717, 1.165) is 24.0 Å². The smallest absolute Gasteiger partial charge is 0.375 e. The van der Waals surface area contributed by atoms with Crippen molar-refractivity contribution in [2.24, 2.45) is 10.9 Å². The summed E-state index contributed by atoms with van der Waals surface area (Å²) in [5.41, 5.74) is 1.92. The molecule has 174 valence electrons. The number of aliphatic imine (C=N–C) groups is 1. The third-order valence-electron chi connectivity index (χ3n) is 5.12. The minimum Gasteiger partial charge on any atom is -0.490 e. The van der Waals surface area contributed by atoms with Crippen LogP contribution in [0.5, 0.6) is 0 Å². The highest BCUT2D eigenvalue weighted by molar-refractivity contribution is 6.45. The number of hydrogen-bond donors (Lipinski definition) is 0. The largest absolute Gasteiger partial charge is 0.490 e. The van der Waals surface area contributed by atoms with E-state index in [2.05, 4.69) is 9.73 Å². The van der Waals surface area contributed by atoms with Crippen molar-refractivity contribution < 1.29 is 38.2 Å². The van der Waals surface area contributed by atoms with Gasteiger partial charge in [-0.2, -0.15) is 0 Å². The van der Waals surface area contributed by atoms with Crippen molar-refractivity contribution in [2.75, 3.05) is 26.4 Å². The average Bonchev–Trinajstić information content (AvgIpc) is 3.21. The van der Waals surface area contributed by atoms with Gasteiger partial charge in [0, 0.05) is 12.0 Å². The zero-order valence-electron chi connectivity index (χ0n) is 18.7. The number of allylic oxidation sites excluding steroid dienone is 2. The van der Waals surface area contributed by atoms with E-state index in [1.165, 1.54) is 0 Å². The SMILES string of the molecule is CCOC(=O)C(=O)C1CCC=C(OCC)C1=O.CCOC(=O)C1=NCC2=C1CCCC2=O. The lowest BCUT2D eigenvalue weighted by atomic mass is 9.88. The minimum absolute atomic E-state index is 0.125. The maximum absolute atomic E-state index is 11.8. The van der Waals surface area contributed by atoms with E-state index in [0.29, 0.717) is 44.7 Å². The van der Waals surface area contributed by atoms with E-state index in [1.807, 2.05) is 0 Å².